The SMILES string of the molecule is COc1cc(/C=N/NC(=O)COc2ccc(C)cc2)cc(Br)c1OCc1ccccc1. The van der Waals surface area contributed by atoms with Gasteiger partial charge in [0.25, 0.3) is 5.91 Å². The Bertz CT molecular complexity index is 1040. The molecule has 3 rings (SSSR count). The molecule has 0 saturated carbocycles. The predicted molar refractivity (Wildman–Crippen MR) is 124 cm³/mol. The highest BCUT2D eigenvalue weighted by Gasteiger charge is 2.11. The first-order chi connectivity index (χ1) is 15.0. The van der Waals surface area contributed by atoms with Gasteiger partial charge in [-0.2, -0.15) is 5.10 Å². The number of hydrogen-bond donors (Lipinski definition) is 1. The lowest BCUT2D eigenvalue weighted by Gasteiger charge is -2.13. The molecule has 3 aromatic carbocycles. The Kier molecular flexibility index (Phi) is 8.06. The van der Waals surface area contributed by atoms with Crippen LogP contribution in [0.1, 0.15) is 16.7 Å². The molecule has 6 nitrogen and oxygen atoms in total. The van der Waals surface area contributed by atoms with E-state index in [2.05, 4.69) is 26.5 Å². The van der Waals surface area contributed by atoms with Gasteiger partial charge in [-0.05, 0) is 58.2 Å². The van der Waals surface area contributed by atoms with E-state index in [4.69, 9.17) is 14.2 Å². The second kappa shape index (κ2) is 11.2. The van der Waals surface area contributed by atoms with Crippen LogP contribution in [0, 0.1) is 6.92 Å². The largest absolute Gasteiger partial charge is 0.493 e. The molecule has 1 N–H and O–H groups in total. The summed E-state index contributed by atoms with van der Waals surface area (Å²) < 4.78 is 17.5. The van der Waals surface area contributed by atoms with Crippen LogP contribution in [0.2, 0.25) is 0 Å². The summed E-state index contributed by atoms with van der Waals surface area (Å²) in [6.07, 6.45) is 1.53. The monoisotopic (exact) mass is 482 g/mol. The lowest BCUT2D eigenvalue weighted by Crippen LogP contribution is -2.24. The van der Waals surface area contributed by atoms with Crippen LogP contribution >= 0.6 is 15.9 Å². The number of carbonyl (C=O) groups excluding carboxylic acids is 1. The van der Waals surface area contributed by atoms with Gasteiger partial charge in [-0.25, -0.2) is 5.43 Å². The van der Waals surface area contributed by atoms with E-state index in [-0.39, 0.29) is 12.5 Å². The summed E-state index contributed by atoms with van der Waals surface area (Å²) in [4.78, 5) is 11.9. The number of benzene rings is 3. The number of nitrogens with zero attached hydrogens (tertiary/aromatic N) is 1. The van der Waals surface area contributed by atoms with E-state index >= 15 is 0 Å². The van der Waals surface area contributed by atoms with Crippen molar-refractivity contribution >= 4 is 28.1 Å². The van der Waals surface area contributed by atoms with Crippen LogP contribution in [0.5, 0.6) is 17.2 Å². The molecule has 0 heterocycles. The van der Waals surface area contributed by atoms with Crippen LogP contribution in [-0.2, 0) is 11.4 Å². The Balaban J connectivity index is 1.56. The van der Waals surface area contributed by atoms with Gasteiger partial charge in [-0.1, -0.05) is 48.0 Å². The molecule has 0 aliphatic rings. The molecule has 0 aliphatic heterocycles. The van der Waals surface area contributed by atoms with Gasteiger partial charge in [-0.3, -0.25) is 4.79 Å². The van der Waals surface area contributed by atoms with Crippen molar-refractivity contribution in [1.29, 1.82) is 0 Å². The number of methoxy groups -OCH3 is 1. The molecule has 0 bridgehead atoms. The highest BCUT2D eigenvalue weighted by atomic mass is 79.9. The molecule has 160 valence electrons. The van der Waals surface area contributed by atoms with Gasteiger partial charge in [-0.15, -0.1) is 0 Å². The molecular formula is C24H23BrN2O4. The lowest BCUT2D eigenvalue weighted by atomic mass is 10.2. The van der Waals surface area contributed by atoms with Crippen molar-refractivity contribution in [3.63, 3.8) is 0 Å². The van der Waals surface area contributed by atoms with E-state index in [1.807, 2.05) is 67.6 Å². The Morgan fingerprint density at radius 3 is 2.52 bits per heavy atom. The Hall–Kier alpha value is -3.32. The second-order valence-corrected chi connectivity index (χ2v) is 7.56. The molecule has 0 atom stereocenters. The fourth-order valence-corrected chi connectivity index (χ4v) is 3.25. The highest BCUT2D eigenvalue weighted by molar-refractivity contribution is 9.10. The lowest BCUT2D eigenvalue weighted by molar-refractivity contribution is -0.123. The zero-order valence-electron chi connectivity index (χ0n) is 17.3. The first-order valence-electron chi connectivity index (χ1n) is 9.61. The smallest absolute Gasteiger partial charge is 0.277 e. The molecule has 1 amide bonds. The minimum Gasteiger partial charge on any atom is -0.493 e. The number of aryl methyl sites for hydroxylation is 1. The summed E-state index contributed by atoms with van der Waals surface area (Å²) in [6, 6.07) is 21.0. The van der Waals surface area contributed by atoms with Crippen LogP contribution in [-0.4, -0.2) is 25.8 Å². The van der Waals surface area contributed by atoms with Crippen LogP contribution in [0.15, 0.2) is 76.3 Å². The molecule has 0 radical (unpaired) electrons. The third-order valence-electron chi connectivity index (χ3n) is 4.27. The molecular weight excluding hydrogens is 460 g/mol. The molecule has 0 unspecified atom stereocenters. The van der Waals surface area contributed by atoms with Gasteiger partial charge in [0.05, 0.1) is 17.8 Å². The third kappa shape index (κ3) is 6.86. The molecule has 0 spiro atoms. The molecule has 3 aromatic rings. The maximum Gasteiger partial charge on any atom is 0.277 e. The summed E-state index contributed by atoms with van der Waals surface area (Å²) in [6.45, 7) is 2.28. The summed E-state index contributed by atoms with van der Waals surface area (Å²) in [7, 11) is 1.57. The first-order valence-corrected chi connectivity index (χ1v) is 10.4. The summed E-state index contributed by atoms with van der Waals surface area (Å²) >= 11 is 3.51. The number of nitrogens with one attached hydrogen (secondary N) is 1. The number of halogens is 1. The van der Waals surface area contributed by atoms with Crippen LogP contribution in [0.3, 0.4) is 0 Å². The maximum absolute atomic E-state index is 11.9. The summed E-state index contributed by atoms with van der Waals surface area (Å²) in [5.74, 6) is 1.43. The predicted octanol–water partition coefficient (Wildman–Crippen LogP) is 4.87. The molecule has 0 aliphatic carbocycles. The number of carbonyl (C=O) groups is 1. The summed E-state index contributed by atoms with van der Waals surface area (Å²) in [5.41, 5.74) is 5.36. The third-order valence-corrected chi connectivity index (χ3v) is 4.86. The van der Waals surface area contributed by atoms with Gasteiger partial charge in [0.2, 0.25) is 0 Å². The van der Waals surface area contributed by atoms with Gasteiger partial charge in [0, 0.05) is 0 Å². The Morgan fingerprint density at radius 1 is 1.06 bits per heavy atom. The molecule has 0 fully saturated rings. The van der Waals surface area contributed by atoms with E-state index in [0.29, 0.717) is 23.9 Å². The van der Waals surface area contributed by atoms with Crippen LogP contribution in [0.25, 0.3) is 0 Å². The molecule has 31 heavy (non-hydrogen) atoms. The van der Waals surface area contributed by atoms with Crippen molar-refractivity contribution in [2.24, 2.45) is 5.10 Å². The highest BCUT2D eigenvalue weighted by Crippen LogP contribution is 2.36. The van der Waals surface area contributed by atoms with Crippen LogP contribution < -0.4 is 19.6 Å². The number of rotatable bonds is 9. The van der Waals surface area contributed by atoms with Crippen LogP contribution in [0.4, 0.5) is 0 Å². The van der Waals surface area contributed by atoms with Gasteiger partial charge in [0.1, 0.15) is 12.4 Å². The average molecular weight is 483 g/mol. The van der Waals surface area contributed by atoms with Crippen molar-refractivity contribution in [3.8, 4) is 17.2 Å². The number of hydrogen-bond acceptors (Lipinski definition) is 5. The maximum atomic E-state index is 11.9. The molecule has 7 heteroatoms. The molecule has 0 saturated heterocycles. The minimum absolute atomic E-state index is 0.125. The number of ether oxygens (including phenoxy) is 3. The zero-order valence-corrected chi connectivity index (χ0v) is 18.9. The zero-order chi connectivity index (χ0) is 22.1. The van der Waals surface area contributed by atoms with Crippen molar-refractivity contribution in [1.82, 2.24) is 5.43 Å². The van der Waals surface area contributed by atoms with E-state index in [1.165, 1.54) is 6.21 Å². The Morgan fingerprint density at radius 2 is 1.81 bits per heavy atom. The van der Waals surface area contributed by atoms with Crippen molar-refractivity contribution in [2.45, 2.75) is 13.5 Å². The number of amides is 1. The van der Waals surface area contributed by atoms with Crippen molar-refractivity contribution in [2.75, 3.05) is 13.7 Å². The summed E-state index contributed by atoms with van der Waals surface area (Å²) in [5, 5.41) is 3.99. The minimum atomic E-state index is -0.356. The molecule has 0 aromatic heterocycles. The van der Waals surface area contributed by atoms with Gasteiger partial charge < -0.3 is 14.2 Å². The second-order valence-electron chi connectivity index (χ2n) is 6.70. The first kappa shape index (κ1) is 22.4. The van der Waals surface area contributed by atoms with E-state index < -0.39 is 0 Å². The van der Waals surface area contributed by atoms with Gasteiger partial charge >= 0.3 is 0 Å². The fourth-order valence-electron chi connectivity index (χ4n) is 2.68. The Labute approximate surface area is 190 Å². The standard InChI is InChI=1S/C24H23BrN2O4/c1-17-8-10-20(11-9-17)30-16-23(28)27-26-14-19-12-21(25)24(22(13-19)29-2)31-15-18-6-4-3-5-7-18/h3-14H,15-16H2,1-2H3,(H,27,28)/b26-14+. The van der Waals surface area contributed by atoms with Crippen molar-refractivity contribution in [3.05, 3.63) is 87.9 Å². The topological polar surface area (TPSA) is 69.2 Å². The van der Waals surface area contributed by atoms with E-state index in [9.17, 15) is 4.79 Å². The van der Waals surface area contributed by atoms with E-state index in [0.717, 1.165) is 21.2 Å². The van der Waals surface area contributed by atoms with Gasteiger partial charge in [0.15, 0.2) is 18.1 Å². The van der Waals surface area contributed by atoms with E-state index in [1.54, 1.807) is 13.2 Å². The van der Waals surface area contributed by atoms with Crippen molar-refractivity contribution < 1.29 is 19.0 Å². The fraction of sp³-hybridized carbons (Fsp3) is 0.167. The average Bonchev–Trinajstić information content (AvgIpc) is 2.78. The number of hydrazone groups is 1. The quantitative estimate of drug-likeness (QED) is 0.348. The normalized spacial score (nSPS) is 10.7.